The van der Waals surface area contributed by atoms with Gasteiger partial charge in [0.05, 0.1) is 12.2 Å². The summed E-state index contributed by atoms with van der Waals surface area (Å²) in [5.41, 5.74) is 1.92. The van der Waals surface area contributed by atoms with Crippen LogP contribution >= 0.6 is 11.3 Å². The first-order valence-corrected chi connectivity index (χ1v) is 9.00. The molecule has 2 aromatic rings. The summed E-state index contributed by atoms with van der Waals surface area (Å²) >= 11 is 1.54. The Bertz CT molecular complexity index is 641. The van der Waals surface area contributed by atoms with Crippen molar-refractivity contribution >= 4 is 17.4 Å². The molecule has 0 aliphatic carbocycles. The van der Waals surface area contributed by atoms with Crippen molar-refractivity contribution < 1.29 is 9.90 Å². The molecular weight excluding hydrogens is 322 g/mol. The summed E-state index contributed by atoms with van der Waals surface area (Å²) in [6.07, 6.45) is 1.72. The highest BCUT2D eigenvalue weighted by Gasteiger charge is 2.15. The third-order valence-electron chi connectivity index (χ3n) is 3.77. The third kappa shape index (κ3) is 5.94. The Morgan fingerprint density at radius 1 is 1.25 bits per heavy atom. The van der Waals surface area contributed by atoms with Crippen LogP contribution in [0.5, 0.6) is 0 Å². The Labute approximate surface area is 147 Å². The second-order valence-corrected chi connectivity index (χ2v) is 7.47. The van der Waals surface area contributed by atoms with Crippen LogP contribution in [0.15, 0.2) is 35.7 Å². The van der Waals surface area contributed by atoms with E-state index in [-0.39, 0.29) is 18.1 Å². The number of carbonyl (C=O) groups excluding carboxylic acids is 1. The van der Waals surface area contributed by atoms with Gasteiger partial charge in [0.2, 0.25) is 0 Å². The molecule has 0 aliphatic rings. The number of benzene rings is 1. The fourth-order valence-electron chi connectivity index (χ4n) is 2.20. The fourth-order valence-corrected chi connectivity index (χ4v) is 2.94. The quantitative estimate of drug-likeness (QED) is 0.641. The molecule has 0 saturated heterocycles. The van der Waals surface area contributed by atoms with Gasteiger partial charge in [0.15, 0.2) is 0 Å². The molecule has 1 aromatic carbocycles. The van der Waals surface area contributed by atoms with Crippen molar-refractivity contribution in [1.82, 2.24) is 15.6 Å². The number of hydrogen-bond acceptors (Lipinski definition) is 4. The number of urea groups is 1. The molecule has 0 spiro atoms. The zero-order valence-corrected chi connectivity index (χ0v) is 15.0. The maximum absolute atomic E-state index is 11.8. The SMILES string of the molecule is CC(C)(CO)CCCNC(=O)NCc1nc(-c2ccccc2)cs1. The molecule has 24 heavy (non-hydrogen) atoms. The molecule has 6 heteroatoms. The average Bonchev–Trinajstić information content (AvgIpc) is 3.07. The molecule has 0 aliphatic heterocycles. The van der Waals surface area contributed by atoms with Crippen LogP contribution < -0.4 is 10.6 Å². The largest absolute Gasteiger partial charge is 0.396 e. The minimum Gasteiger partial charge on any atom is -0.396 e. The molecule has 0 bridgehead atoms. The highest BCUT2D eigenvalue weighted by molar-refractivity contribution is 7.09. The Balaban J connectivity index is 1.70. The number of carbonyl (C=O) groups is 1. The van der Waals surface area contributed by atoms with Crippen LogP contribution in [0.3, 0.4) is 0 Å². The number of hydrogen-bond donors (Lipinski definition) is 3. The Morgan fingerprint density at radius 2 is 2.00 bits per heavy atom. The molecule has 0 atom stereocenters. The van der Waals surface area contributed by atoms with Crippen LogP contribution in [0.25, 0.3) is 11.3 Å². The molecule has 0 radical (unpaired) electrons. The summed E-state index contributed by atoms with van der Waals surface area (Å²) in [5.74, 6) is 0. The van der Waals surface area contributed by atoms with Crippen molar-refractivity contribution in [2.75, 3.05) is 13.2 Å². The van der Waals surface area contributed by atoms with Gasteiger partial charge in [-0.3, -0.25) is 0 Å². The molecule has 5 nitrogen and oxygen atoms in total. The Hall–Kier alpha value is -1.92. The molecule has 3 N–H and O–H groups in total. The summed E-state index contributed by atoms with van der Waals surface area (Å²) in [6.45, 7) is 5.21. The number of aliphatic hydroxyl groups excluding tert-OH is 1. The molecule has 2 amide bonds. The van der Waals surface area contributed by atoms with Crippen molar-refractivity contribution in [3.05, 3.63) is 40.7 Å². The van der Waals surface area contributed by atoms with Gasteiger partial charge in [-0.2, -0.15) is 0 Å². The number of aliphatic hydroxyl groups is 1. The fraction of sp³-hybridized carbons (Fsp3) is 0.444. The van der Waals surface area contributed by atoms with E-state index in [1.54, 1.807) is 0 Å². The molecule has 0 saturated carbocycles. The van der Waals surface area contributed by atoms with Crippen molar-refractivity contribution in [2.45, 2.75) is 33.2 Å². The molecule has 1 heterocycles. The summed E-state index contributed by atoms with van der Waals surface area (Å²) in [6, 6.07) is 9.80. The van der Waals surface area contributed by atoms with Crippen LogP contribution in [-0.2, 0) is 6.54 Å². The predicted molar refractivity (Wildman–Crippen MR) is 97.9 cm³/mol. The Morgan fingerprint density at radius 3 is 2.71 bits per heavy atom. The third-order valence-corrected chi connectivity index (χ3v) is 4.61. The summed E-state index contributed by atoms with van der Waals surface area (Å²) in [7, 11) is 0. The molecule has 0 fully saturated rings. The normalized spacial score (nSPS) is 11.3. The van der Waals surface area contributed by atoms with Gasteiger partial charge in [0.1, 0.15) is 5.01 Å². The van der Waals surface area contributed by atoms with Gasteiger partial charge in [0.25, 0.3) is 0 Å². The lowest BCUT2D eigenvalue weighted by molar-refractivity contribution is 0.148. The molecule has 130 valence electrons. The number of aromatic nitrogens is 1. The maximum Gasteiger partial charge on any atom is 0.315 e. The monoisotopic (exact) mass is 347 g/mol. The lowest BCUT2D eigenvalue weighted by Crippen LogP contribution is -2.36. The van der Waals surface area contributed by atoms with E-state index >= 15 is 0 Å². The van der Waals surface area contributed by atoms with E-state index in [9.17, 15) is 9.90 Å². The van der Waals surface area contributed by atoms with E-state index in [4.69, 9.17) is 0 Å². The van der Waals surface area contributed by atoms with Crippen LogP contribution in [-0.4, -0.2) is 29.3 Å². The summed E-state index contributed by atoms with van der Waals surface area (Å²) in [5, 5.41) is 17.7. The van der Waals surface area contributed by atoms with E-state index in [0.29, 0.717) is 13.1 Å². The second kappa shape index (κ2) is 8.80. The first kappa shape index (κ1) is 18.4. The van der Waals surface area contributed by atoms with Gasteiger partial charge in [-0.15, -0.1) is 11.3 Å². The van der Waals surface area contributed by atoms with Crippen LogP contribution in [0, 0.1) is 5.41 Å². The van der Waals surface area contributed by atoms with Gasteiger partial charge < -0.3 is 15.7 Å². The number of nitrogens with zero attached hydrogens (tertiary/aromatic N) is 1. The lowest BCUT2D eigenvalue weighted by Gasteiger charge is -2.21. The maximum atomic E-state index is 11.8. The van der Waals surface area contributed by atoms with Crippen molar-refractivity contribution in [2.24, 2.45) is 5.41 Å². The van der Waals surface area contributed by atoms with Crippen LogP contribution in [0.4, 0.5) is 4.79 Å². The number of amides is 2. The first-order valence-electron chi connectivity index (χ1n) is 8.12. The van der Waals surface area contributed by atoms with E-state index in [1.165, 1.54) is 11.3 Å². The zero-order valence-electron chi connectivity index (χ0n) is 14.2. The second-order valence-electron chi connectivity index (χ2n) is 6.53. The van der Waals surface area contributed by atoms with Gasteiger partial charge in [-0.25, -0.2) is 9.78 Å². The molecule has 0 unspecified atom stereocenters. The van der Waals surface area contributed by atoms with Gasteiger partial charge >= 0.3 is 6.03 Å². The zero-order chi connectivity index (χ0) is 17.4. The van der Waals surface area contributed by atoms with E-state index in [2.05, 4.69) is 15.6 Å². The van der Waals surface area contributed by atoms with Gasteiger partial charge in [-0.05, 0) is 18.3 Å². The van der Waals surface area contributed by atoms with E-state index in [0.717, 1.165) is 29.1 Å². The molecular formula is C18H25N3O2S. The van der Waals surface area contributed by atoms with Crippen molar-refractivity contribution in [1.29, 1.82) is 0 Å². The first-order chi connectivity index (χ1) is 11.5. The summed E-state index contributed by atoms with van der Waals surface area (Å²) < 4.78 is 0. The standard InChI is InChI=1S/C18H25N3O2S/c1-18(2,13-22)9-6-10-19-17(23)20-11-16-21-15(12-24-16)14-7-4-3-5-8-14/h3-5,7-8,12,22H,6,9-11,13H2,1-2H3,(H2,19,20,23). The topological polar surface area (TPSA) is 74.2 Å². The summed E-state index contributed by atoms with van der Waals surface area (Å²) in [4.78, 5) is 16.3. The number of rotatable bonds is 8. The smallest absolute Gasteiger partial charge is 0.315 e. The average molecular weight is 347 g/mol. The highest BCUT2D eigenvalue weighted by atomic mass is 32.1. The van der Waals surface area contributed by atoms with E-state index < -0.39 is 0 Å². The van der Waals surface area contributed by atoms with Crippen LogP contribution in [0.2, 0.25) is 0 Å². The number of nitrogens with one attached hydrogen (secondary N) is 2. The molecule has 2 rings (SSSR count). The minimum atomic E-state index is -0.187. The molecule has 1 aromatic heterocycles. The Kier molecular flexibility index (Phi) is 6.75. The van der Waals surface area contributed by atoms with Gasteiger partial charge in [0, 0.05) is 24.1 Å². The van der Waals surface area contributed by atoms with E-state index in [1.807, 2.05) is 49.6 Å². The predicted octanol–water partition coefficient (Wildman–Crippen LogP) is 3.41. The highest BCUT2D eigenvalue weighted by Crippen LogP contribution is 2.21. The van der Waals surface area contributed by atoms with Gasteiger partial charge in [-0.1, -0.05) is 44.2 Å². The van der Waals surface area contributed by atoms with Crippen molar-refractivity contribution in [3.63, 3.8) is 0 Å². The number of thiazole rings is 1. The minimum absolute atomic E-state index is 0.0904. The lowest BCUT2D eigenvalue weighted by atomic mass is 9.89. The van der Waals surface area contributed by atoms with Crippen LogP contribution in [0.1, 0.15) is 31.7 Å². The van der Waals surface area contributed by atoms with Crippen molar-refractivity contribution in [3.8, 4) is 11.3 Å².